The molecule has 0 saturated heterocycles. The molecule has 0 radical (unpaired) electrons. The quantitative estimate of drug-likeness (QED) is 0.808. The van der Waals surface area contributed by atoms with Gasteiger partial charge < -0.3 is 9.67 Å². The molecule has 4 heteroatoms. The third-order valence-electron chi connectivity index (χ3n) is 3.37. The molecule has 1 aliphatic rings. The number of nitrogens with zero attached hydrogens (tertiary/aromatic N) is 2. The van der Waals surface area contributed by atoms with Crippen LogP contribution >= 0.6 is 0 Å². The number of carboxylic acid groups (broad SMARTS) is 1. The van der Waals surface area contributed by atoms with Crippen molar-refractivity contribution in [3.8, 4) is 0 Å². The van der Waals surface area contributed by atoms with Gasteiger partial charge in [0.2, 0.25) is 0 Å². The minimum absolute atomic E-state index is 0.719. The molecule has 1 N–H and O–H groups in total. The first-order chi connectivity index (χ1) is 7.17. The van der Waals surface area contributed by atoms with E-state index in [2.05, 4.69) is 4.98 Å². The average Bonchev–Trinajstić information content (AvgIpc) is 2.66. The van der Waals surface area contributed by atoms with Gasteiger partial charge in [0.15, 0.2) is 0 Å². The zero-order valence-corrected chi connectivity index (χ0v) is 8.94. The van der Waals surface area contributed by atoms with Gasteiger partial charge in [0.1, 0.15) is 11.4 Å². The molecule has 0 amide bonds. The van der Waals surface area contributed by atoms with Gasteiger partial charge >= 0.3 is 5.97 Å². The summed E-state index contributed by atoms with van der Waals surface area (Å²) >= 11 is 0. The Bertz CT molecular complexity index is 364. The Morgan fingerprint density at radius 3 is 2.60 bits per heavy atom. The standard InChI is InChI=1S/C11H16N2O2/c1-9-12-7-8-13(9)11(10(14)15)5-3-2-4-6-11/h7-8H,2-6H2,1H3,(H,14,15). The van der Waals surface area contributed by atoms with E-state index in [-0.39, 0.29) is 0 Å². The highest BCUT2D eigenvalue weighted by Gasteiger charge is 2.41. The number of aryl methyl sites for hydroxylation is 1. The summed E-state index contributed by atoms with van der Waals surface area (Å²) in [6.07, 6.45) is 8.03. The maximum Gasteiger partial charge on any atom is 0.329 e. The number of carboxylic acids is 1. The fraction of sp³-hybridized carbons (Fsp3) is 0.636. The molecule has 1 heterocycles. The van der Waals surface area contributed by atoms with Crippen LogP contribution in [0.25, 0.3) is 0 Å². The first-order valence-electron chi connectivity index (χ1n) is 5.41. The van der Waals surface area contributed by atoms with Gasteiger partial charge in [-0.3, -0.25) is 0 Å². The lowest BCUT2D eigenvalue weighted by Crippen LogP contribution is -2.43. The van der Waals surface area contributed by atoms with Crippen LogP contribution in [-0.2, 0) is 10.3 Å². The Labute approximate surface area is 88.9 Å². The lowest BCUT2D eigenvalue weighted by atomic mass is 9.81. The largest absolute Gasteiger partial charge is 0.479 e. The summed E-state index contributed by atoms with van der Waals surface area (Å²) in [6, 6.07) is 0. The summed E-state index contributed by atoms with van der Waals surface area (Å²) in [4.78, 5) is 15.6. The van der Waals surface area contributed by atoms with Gasteiger partial charge in [-0.05, 0) is 19.8 Å². The molecule has 1 aromatic rings. The first-order valence-corrected chi connectivity index (χ1v) is 5.41. The number of aromatic nitrogens is 2. The molecule has 1 aromatic heterocycles. The van der Waals surface area contributed by atoms with Crippen molar-refractivity contribution >= 4 is 5.97 Å². The Morgan fingerprint density at radius 2 is 2.13 bits per heavy atom. The fourth-order valence-electron chi connectivity index (χ4n) is 2.52. The maximum atomic E-state index is 11.5. The van der Waals surface area contributed by atoms with Crippen molar-refractivity contribution in [2.75, 3.05) is 0 Å². The van der Waals surface area contributed by atoms with E-state index in [9.17, 15) is 9.90 Å². The Kier molecular flexibility index (Phi) is 2.50. The van der Waals surface area contributed by atoms with E-state index in [4.69, 9.17) is 0 Å². The number of imidazole rings is 1. The second-order valence-corrected chi connectivity index (χ2v) is 4.24. The van der Waals surface area contributed by atoms with Crippen molar-refractivity contribution < 1.29 is 9.90 Å². The third kappa shape index (κ3) is 1.54. The summed E-state index contributed by atoms with van der Waals surface area (Å²) in [7, 11) is 0. The highest BCUT2D eigenvalue weighted by atomic mass is 16.4. The monoisotopic (exact) mass is 208 g/mol. The van der Waals surface area contributed by atoms with Crippen molar-refractivity contribution in [2.45, 2.75) is 44.6 Å². The van der Waals surface area contributed by atoms with Gasteiger partial charge in [-0.1, -0.05) is 19.3 Å². The van der Waals surface area contributed by atoms with E-state index >= 15 is 0 Å². The third-order valence-corrected chi connectivity index (χ3v) is 3.37. The van der Waals surface area contributed by atoms with Crippen LogP contribution < -0.4 is 0 Å². The molecule has 0 spiro atoms. The molecule has 0 unspecified atom stereocenters. The zero-order valence-electron chi connectivity index (χ0n) is 8.94. The van der Waals surface area contributed by atoms with Gasteiger partial charge in [0.25, 0.3) is 0 Å². The second kappa shape index (κ2) is 3.68. The van der Waals surface area contributed by atoms with E-state index in [0.717, 1.165) is 37.9 Å². The highest BCUT2D eigenvalue weighted by Crippen LogP contribution is 2.35. The average molecular weight is 208 g/mol. The summed E-state index contributed by atoms with van der Waals surface area (Å²) in [5, 5.41) is 9.44. The highest BCUT2D eigenvalue weighted by molar-refractivity contribution is 5.77. The van der Waals surface area contributed by atoms with Crippen molar-refractivity contribution in [2.24, 2.45) is 0 Å². The smallest absolute Gasteiger partial charge is 0.329 e. The molecule has 0 atom stereocenters. The van der Waals surface area contributed by atoms with Crippen LogP contribution in [0.4, 0.5) is 0 Å². The minimum Gasteiger partial charge on any atom is -0.479 e. The van der Waals surface area contributed by atoms with Crippen LogP contribution in [0.1, 0.15) is 37.9 Å². The van der Waals surface area contributed by atoms with E-state index in [1.54, 1.807) is 12.4 Å². The molecule has 0 bridgehead atoms. The summed E-state index contributed by atoms with van der Waals surface area (Å²) in [6.45, 7) is 1.86. The fourth-order valence-corrected chi connectivity index (χ4v) is 2.52. The minimum atomic E-state index is -0.737. The molecule has 0 aromatic carbocycles. The van der Waals surface area contributed by atoms with Gasteiger partial charge in [0, 0.05) is 12.4 Å². The number of aliphatic carboxylic acids is 1. The van der Waals surface area contributed by atoms with E-state index in [0.29, 0.717) is 0 Å². The normalized spacial score (nSPS) is 20.1. The van der Waals surface area contributed by atoms with Crippen molar-refractivity contribution in [1.82, 2.24) is 9.55 Å². The van der Waals surface area contributed by atoms with Gasteiger partial charge in [-0.15, -0.1) is 0 Å². The van der Waals surface area contributed by atoms with Crippen molar-refractivity contribution in [3.63, 3.8) is 0 Å². The number of carbonyl (C=O) groups is 1. The molecular formula is C11H16N2O2. The van der Waals surface area contributed by atoms with Crippen LogP contribution in [-0.4, -0.2) is 20.6 Å². The van der Waals surface area contributed by atoms with Crippen LogP contribution in [0, 0.1) is 6.92 Å². The van der Waals surface area contributed by atoms with Gasteiger partial charge in [-0.2, -0.15) is 0 Å². The van der Waals surface area contributed by atoms with Crippen molar-refractivity contribution in [1.29, 1.82) is 0 Å². The molecule has 15 heavy (non-hydrogen) atoms. The van der Waals surface area contributed by atoms with Crippen LogP contribution in [0.2, 0.25) is 0 Å². The molecular weight excluding hydrogens is 192 g/mol. The van der Waals surface area contributed by atoms with Crippen LogP contribution in [0.3, 0.4) is 0 Å². The molecule has 82 valence electrons. The molecule has 4 nitrogen and oxygen atoms in total. The molecule has 1 fully saturated rings. The van der Waals surface area contributed by atoms with Crippen molar-refractivity contribution in [3.05, 3.63) is 18.2 Å². The number of rotatable bonds is 2. The van der Waals surface area contributed by atoms with Gasteiger partial charge in [-0.25, -0.2) is 9.78 Å². The summed E-state index contributed by atoms with van der Waals surface area (Å²) in [5.74, 6) is 0.0719. The van der Waals surface area contributed by atoms with Crippen LogP contribution in [0.15, 0.2) is 12.4 Å². The Morgan fingerprint density at radius 1 is 1.47 bits per heavy atom. The molecule has 1 saturated carbocycles. The molecule has 2 rings (SSSR count). The Balaban J connectivity index is 2.42. The van der Waals surface area contributed by atoms with E-state index in [1.165, 1.54) is 0 Å². The molecule has 1 aliphatic carbocycles. The number of hydrogen-bond donors (Lipinski definition) is 1. The first kappa shape index (κ1) is 10.2. The second-order valence-electron chi connectivity index (χ2n) is 4.24. The van der Waals surface area contributed by atoms with E-state index < -0.39 is 11.5 Å². The summed E-state index contributed by atoms with van der Waals surface area (Å²) in [5.41, 5.74) is -0.737. The number of hydrogen-bond acceptors (Lipinski definition) is 2. The maximum absolute atomic E-state index is 11.5. The van der Waals surface area contributed by atoms with E-state index in [1.807, 2.05) is 11.5 Å². The predicted octanol–water partition coefficient (Wildman–Crippen LogP) is 1.94. The van der Waals surface area contributed by atoms with Gasteiger partial charge in [0.05, 0.1) is 0 Å². The Hall–Kier alpha value is -1.32. The molecule has 0 aliphatic heterocycles. The lowest BCUT2D eigenvalue weighted by molar-refractivity contribution is -0.149. The topological polar surface area (TPSA) is 55.1 Å². The van der Waals surface area contributed by atoms with Crippen LogP contribution in [0.5, 0.6) is 0 Å². The summed E-state index contributed by atoms with van der Waals surface area (Å²) < 4.78 is 1.83. The lowest BCUT2D eigenvalue weighted by Gasteiger charge is -2.35. The zero-order chi connectivity index (χ0) is 10.9. The SMILES string of the molecule is Cc1nccn1C1(C(=O)O)CCCCC1. The predicted molar refractivity (Wildman–Crippen MR) is 55.7 cm³/mol.